The second kappa shape index (κ2) is 7.41. The molecule has 2 rings (SSSR count). The molecule has 2 aromatic rings. The lowest BCUT2D eigenvalue weighted by Crippen LogP contribution is -1.98. The summed E-state index contributed by atoms with van der Waals surface area (Å²) in [6.45, 7) is 0. The molecule has 110 valence electrons. The molecule has 0 aliphatic carbocycles. The standard InChI is InChI=1S/C7H4ClNO4.C5H4ClNO/c8-6-3-4(9(12)13)1-2-5(6)7(10)11;6-5-4(8)2-1-3-7-5/h1-3H,(H,10,11);1-3,8H. The fourth-order valence-corrected chi connectivity index (χ4v) is 1.54. The van der Waals surface area contributed by atoms with Gasteiger partial charge in [0.05, 0.1) is 15.5 Å². The van der Waals surface area contributed by atoms with Gasteiger partial charge in [0.2, 0.25) is 0 Å². The topological polar surface area (TPSA) is 114 Å². The van der Waals surface area contributed by atoms with E-state index in [1.165, 1.54) is 12.3 Å². The molecule has 1 heterocycles. The number of carbonyl (C=O) groups is 1. The van der Waals surface area contributed by atoms with Gasteiger partial charge in [-0.1, -0.05) is 23.2 Å². The van der Waals surface area contributed by atoms with Gasteiger partial charge in [0, 0.05) is 18.3 Å². The number of carboxylic acid groups (broad SMARTS) is 1. The average molecular weight is 331 g/mol. The number of aromatic carboxylic acids is 1. The van der Waals surface area contributed by atoms with Gasteiger partial charge in [-0.3, -0.25) is 10.1 Å². The molecular weight excluding hydrogens is 323 g/mol. The van der Waals surface area contributed by atoms with Crippen molar-refractivity contribution < 1.29 is 19.9 Å². The molecule has 0 aliphatic rings. The lowest BCUT2D eigenvalue weighted by Gasteiger charge is -1.97. The van der Waals surface area contributed by atoms with Crippen LogP contribution in [0.5, 0.6) is 5.75 Å². The fraction of sp³-hybridized carbons (Fsp3) is 0. The van der Waals surface area contributed by atoms with E-state index < -0.39 is 10.9 Å². The number of hydrogen-bond acceptors (Lipinski definition) is 5. The summed E-state index contributed by atoms with van der Waals surface area (Å²) in [4.78, 5) is 23.6. The quantitative estimate of drug-likeness (QED) is 0.495. The molecule has 7 nitrogen and oxygen atoms in total. The van der Waals surface area contributed by atoms with Crippen molar-refractivity contribution in [2.24, 2.45) is 0 Å². The Morgan fingerprint density at radius 2 is 1.95 bits per heavy atom. The van der Waals surface area contributed by atoms with Crippen LogP contribution in [0.3, 0.4) is 0 Å². The molecule has 2 N–H and O–H groups in total. The SMILES string of the molecule is O=C(O)c1ccc([N+](=O)[O-])cc1Cl.Oc1cccnc1Cl. The van der Waals surface area contributed by atoms with Crippen molar-refractivity contribution in [1.29, 1.82) is 0 Å². The summed E-state index contributed by atoms with van der Waals surface area (Å²) in [5.41, 5.74) is -0.373. The summed E-state index contributed by atoms with van der Waals surface area (Å²) in [5, 5.41) is 27.5. The number of carboxylic acids is 1. The first-order valence-electron chi connectivity index (χ1n) is 5.29. The van der Waals surface area contributed by atoms with Crippen molar-refractivity contribution >= 4 is 34.9 Å². The highest BCUT2D eigenvalue weighted by Crippen LogP contribution is 2.22. The molecule has 0 radical (unpaired) electrons. The number of nitro benzene ring substituents is 1. The molecule has 0 fully saturated rings. The average Bonchev–Trinajstić information content (AvgIpc) is 2.42. The number of halogens is 2. The number of hydrogen-bond donors (Lipinski definition) is 2. The Morgan fingerprint density at radius 3 is 2.33 bits per heavy atom. The van der Waals surface area contributed by atoms with Crippen LogP contribution >= 0.6 is 23.2 Å². The normalized spacial score (nSPS) is 9.43. The van der Waals surface area contributed by atoms with Crippen LogP contribution in [0.15, 0.2) is 36.5 Å². The Labute approximate surface area is 128 Å². The van der Waals surface area contributed by atoms with E-state index >= 15 is 0 Å². The molecule has 0 saturated heterocycles. The lowest BCUT2D eigenvalue weighted by molar-refractivity contribution is -0.384. The van der Waals surface area contributed by atoms with E-state index in [9.17, 15) is 14.9 Å². The number of nitrogens with zero attached hydrogens (tertiary/aromatic N) is 2. The van der Waals surface area contributed by atoms with Gasteiger partial charge in [0.25, 0.3) is 5.69 Å². The number of non-ortho nitro benzene ring substituents is 1. The van der Waals surface area contributed by atoms with Crippen molar-refractivity contribution in [3.63, 3.8) is 0 Å². The van der Waals surface area contributed by atoms with Crippen LogP contribution in [0, 0.1) is 10.1 Å². The van der Waals surface area contributed by atoms with E-state index in [0.29, 0.717) is 0 Å². The molecule has 1 aromatic heterocycles. The van der Waals surface area contributed by atoms with E-state index in [1.54, 1.807) is 6.07 Å². The third-order valence-corrected chi connectivity index (χ3v) is 2.74. The second-order valence-electron chi connectivity index (χ2n) is 3.54. The van der Waals surface area contributed by atoms with E-state index in [1.807, 2.05) is 0 Å². The molecule has 0 atom stereocenters. The number of nitro groups is 1. The van der Waals surface area contributed by atoms with Crippen LogP contribution in [0.4, 0.5) is 5.69 Å². The summed E-state index contributed by atoms with van der Waals surface area (Å²) in [5.74, 6) is -1.19. The summed E-state index contributed by atoms with van der Waals surface area (Å²) in [6.07, 6.45) is 1.52. The van der Waals surface area contributed by atoms with E-state index in [0.717, 1.165) is 18.2 Å². The number of aromatic nitrogens is 1. The van der Waals surface area contributed by atoms with Crippen molar-refractivity contribution in [2.75, 3.05) is 0 Å². The molecule has 9 heteroatoms. The van der Waals surface area contributed by atoms with Crippen molar-refractivity contribution in [3.8, 4) is 5.75 Å². The third kappa shape index (κ3) is 4.90. The van der Waals surface area contributed by atoms with Gasteiger partial charge < -0.3 is 10.2 Å². The Kier molecular flexibility index (Phi) is 5.89. The first-order chi connectivity index (χ1) is 9.82. The molecular formula is C12H8Cl2N2O5. The smallest absolute Gasteiger partial charge is 0.337 e. The molecule has 1 aromatic carbocycles. The number of benzene rings is 1. The van der Waals surface area contributed by atoms with Crippen LogP contribution in [-0.4, -0.2) is 26.1 Å². The molecule has 0 aliphatic heterocycles. The molecule has 0 bridgehead atoms. The highest BCUT2D eigenvalue weighted by Gasteiger charge is 2.13. The van der Waals surface area contributed by atoms with Gasteiger partial charge in [-0.05, 0) is 18.2 Å². The van der Waals surface area contributed by atoms with Gasteiger partial charge in [0.15, 0.2) is 10.9 Å². The molecule has 0 amide bonds. The minimum Gasteiger partial charge on any atom is -0.505 e. The number of rotatable bonds is 2. The van der Waals surface area contributed by atoms with E-state index in [4.69, 9.17) is 33.4 Å². The fourth-order valence-electron chi connectivity index (χ4n) is 1.17. The predicted octanol–water partition coefficient (Wildman–Crippen LogP) is 3.39. The minimum atomic E-state index is -1.21. The Morgan fingerprint density at radius 1 is 1.29 bits per heavy atom. The van der Waals surface area contributed by atoms with Crippen LogP contribution in [0.2, 0.25) is 10.2 Å². The van der Waals surface area contributed by atoms with E-state index in [2.05, 4.69) is 4.98 Å². The predicted molar refractivity (Wildman–Crippen MR) is 76.0 cm³/mol. The summed E-state index contributed by atoms with van der Waals surface area (Å²) in [6, 6.07) is 6.29. The highest BCUT2D eigenvalue weighted by molar-refractivity contribution is 6.33. The number of aromatic hydroxyl groups is 1. The maximum absolute atomic E-state index is 10.4. The third-order valence-electron chi connectivity index (χ3n) is 2.13. The zero-order valence-electron chi connectivity index (χ0n) is 10.2. The molecule has 21 heavy (non-hydrogen) atoms. The monoisotopic (exact) mass is 330 g/mol. The zero-order valence-corrected chi connectivity index (χ0v) is 11.7. The molecule has 0 spiro atoms. The van der Waals surface area contributed by atoms with Gasteiger partial charge in [-0.15, -0.1) is 0 Å². The maximum Gasteiger partial charge on any atom is 0.337 e. The number of pyridine rings is 1. The van der Waals surface area contributed by atoms with Gasteiger partial charge in [0.1, 0.15) is 0 Å². The van der Waals surface area contributed by atoms with Crippen LogP contribution < -0.4 is 0 Å². The lowest BCUT2D eigenvalue weighted by atomic mass is 10.2. The maximum atomic E-state index is 10.4. The van der Waals surface area contributed by atoms with Gasteiger partial charge in [-0.25, -0.2) is 9.78 Å². The van der Waals surface area contributed by atoms with Crippen molar-refractivity contribution in [3.05, 3.63) is 62.4 Å². The van der Waals surface area contributed by atoms with Gasteiger partial charge >= 0.3 is 5.97 Å². The molecule has 0 saturated carbocycles. The first kappa shape index (κ1) is 16.7. The first-order valence-corrected chi connectivity index (χ1v) is 6.05. The van der Waals surface area contributed by atoms with Gasteiger partial charge in [-0.2, -0.15) is 0 Å². The highest BCUT2D eigenvalue weighted by atomic mass is 35.5. The van der Waals surface area contributed by atoms with Crippen LogP contribution in [0.25, 0.3) is 0 Å². The largest absolute Gasteiger partial charge is 0.505 e. The van der Waals surface area contributed by atoms with Crippen molar-refractivity contribution in [2.45, 2.75) is 0 Å². The Hall–Kier alpha value is -2.38. The zero-order chi connectivity index (χ0) is 16.0. The van der Waals surface area contributed by atoms with Crippen LogP contribution in [0.1, 0.15) is 10.4 Å². The Bertz CT molecular complexity index is 657. The molecule has 0 unspecified atom stereocenters. The summed E-state index contributed by atoms with van der Waals surface area (Å²) in [7, 11) is 0. The van der Waals surface area contributed by atoms with Crippen LogP contribution in [-0.2, 0) is 0 Å². The Balaban J connectivity index is 0.000000235. The summed E-state index contributed by atoms with van der Waals surface area (Å²) >= 11 is 10.8. The van der Waals surface area contributed by atoms with Crippen molar-refractivity contribution in [1.82, 2.24) is 4.98 Å². The second-order valence-corrected chi connectivity index (χ2v) is 4.30. The summed E-state index contributed by atoms with van der Waals surface area (Å²) < 4.78 is 0. The minimum absolute atomic E-state index is 0.0224. The van der Waals surface area contributed by atoms with E-state index in [-0.39, 0.29) is 27.2 Å².